The minimum Gasteiger partial charge on any atom is -0.429 e. The number of carbonyl (C=O) groups excluding carboxylic acids is 1. The highest BCUT2D eigenvalue weighted by Gasteiger charge is 2.39. The van der Waals surface area contributed by atoms with Crippen LogP contribution in [0.5, 0.6) is 0 Å². The third-order valence-corrected chi connectivity index (χ3v) is 5.01. The molecule has 0 saturated heterocycles. The topological polar surface area (TPSA) is 85.8 Å². The molecular formula is C22H15F6N5O2. The van der Waals surface area contributed by atoms with E-state index in [-0.39, 0.29) is 23.4 Å². The van der Waals surface area contributed by atoms with Gasteiger partial charge >= 0.3 is 12.4 Å². The number of halogens is 6. The summed E-state index contributed by atoms with van der Waals surface area (Å²) in [5.74, 6) is -0.729. The zero-order chi connectivity index (χ0) is 25.4. The Morgan fingerprint density at radius 3 is 2.46 bits per heavy atom. The molecule has 1 atom stereocenters. The molecule has 3 aromatic heterocycles. The molecule has 3 heterocycles. The lowest BCUT2D eigenvalue weighted by Gasteiger charge is -2.20. The number of alkyl halides is 6. The number of rotatable bonds is 5. The number of anilines is 1. The molecule has 4 aromatic rings. The van der Waals surface area contributed by atoms with E-state index in [9.17, 15) is 31.1 Å². The second-order valence-electron chi connectivity index (χ2n) is 7.38. The van der Waals surface area contributed by atoms with E-state index in [1.807, 2.05) is 0 Å². The van der Waals surface area contributed by atoms with Gasteiger partial charge in [-0.3, -0.25) is 14.5 Å². The zero-order valence-corrected chi connectivity index (χ0v) is 17.7. The van der Waals surface area contributed by atoms with Gasteiger partial charge in [0.15, 0.2) is 0 Å². The first-order valence-corrected chi connectivity index (χ1v) is 9.94. The van der Waals surface area contributed by atoms with Gasteiger partial charge in [0, 0.05) is 12.4 Å². The van der Waals surface area contributed by atoms with Crippen LogP contribution in [0, 0.1) is 0 Å². The van der Waals surface area contributed by atoms with Crippen molar-refractivity contribution in [2.45, 2.75) is 25.3 Å². The van der Waals surface area contributed by atoms with Gasteiger partial charge < -0.3 is 9.73 Å². The van der Waals surface area contributed by atoms with Gasteiger partial charge in [0.05, 0.1) is 35.2 Å². The summed E-state index contributed by atoms with van der Waals surface area (Å²) in [7, 11) is 0. The minimum absolute atomic E-state index is 0.0705. The molecule has 0 fully saturated rings. The lowest BCUT2D eigenvalue weighted by molar-refractivity contribution is -0.143. The Bertz CT molecular complexity index is 1340. The second kappa shape index (κ2) is 8.89. The smallest absolute Gasteiger partial charge is 0.416 e. The Balaban J connectivity index is 1.54. The average Bonchev–Trinajstić information content (AvgIpc) is 3.48. The summed E-state index contributed by atoms with van der Waals surface area (Å²) in [6.45, 7) is 1.34. The van der Waals surface area contributed by atoms with Gasteiger partial charge in [-0.05, 0) is 36.8 Å². The predicted molar refractivity (Wildman–Crippen MR) is 110 cm³/mol. The molecule has 0 spiro atoms. The number of amides is 1. The van der Waals surface area contributed by atoms with Crippen LogP contribution in [0.1, 0.15) is 40.2 Å². The van der Waals surface area contributed by atoms with Crippen molar-refractivity contribution in [3.05, 3.63) is 83.6 Å². The molecule has 0 bridgehead atoms. The van der Waals surface area contributed by atoms with E-state index in [1.165, 1.54) is 31.7 Å². The highest BCUT2D eigenvalue weighted by Crippen LogP contribution is 2.39. The molecule has 1 amide bonds. The number of nitrogens with one attached hydrogen (secondary N) is 1. The molecular weight excluding hydrogens is 480 g/mol. The van der Waals surface area contributed by atoms with Crippen LogP contribution in [0.3, 0.4) is 0 Å². The first kappa shape index (κ1) is 24.0. The van der Waals surface area contributed by atoms with Gasteiger partial charge in [-0.15, -0.1) is 0 Å². The molecule has 0 aliphatic heterocycles. The second-order valence-corrected chi connectivity index (χ2v) is 7.38. The molecule has 0 saturated carbocycles. The van der Waals surface area contributed by atoms with Crippen molar-refractivity contribution in [1.29, 1.82) is 0 Å². The summed E-state index contributed by atoms with van der Waals surface area (Å²) in [5, 5.41) is 6.42. The summed E-state index contributed by atoms with van der Waals surface area (Å²) < 4.78 is 85.8. The van der Waals surface area contributed by atoms with E-state index in [0.29, 0.717) is 11.8 Å². The Morgan fingerprint density at radius 1 is 1.03 bits per heavy atom. The Kier molecular flexibility index (Phi) is 6.09. The van der Waals surface area contributed by atoms with Crippen molar-refractivity contribution in [2.24, 2.45) is 0 Å². The fourth-order valence-electron chi connectivity index (χ4n) is 3.28. The van der Waals surface area contributed by atoms with Gasteiger partial charge in [0.1, 0.15) is 5.69 Å². The van der Waals surface area contributed by atoms with Crippen LogP contribution in [0.15, 0.2) is 65.6 Å². The number of pyridine rings is 1. The predicted octanol–water partition coefficient (Wildman–Crippen LogP) is 5.83. The molecule has 0 aliphatic rings. The van der Waals surface area contributed by atoms with E-state index < -0.39 is 41.0 Å². The maximum absolute atomic E-state index is 13.5. The van der Waals surface area contributed by atoms with Gasteiger partial charge in [0.2, 0.25) is 11.7 Å². The van der Waals surface area contributed by atoms with Crippen LogP contribution < -0.4 is 5.32 Å². The molecule has 7 nitrogen and oxygen atoms in total. The third kappa shape index (κ3) is 5.18. The quantitative estimate of drug-likeness (QED) is 0.352. The van der Waals surface area contributed by atoms with E-state index in [1.54, 1.807) is 18.2 Å². The van der Waals surface area contributed by atoms with Crippen LogP contribution in [-0.2, 0) is 12.4 Å². The van der Waals surface area contributed by atoms with Gasteiger partial charge in [0.25, 0.3) is 5.91 Å². The molecule has 182 valence electrons. The molecule has 0 radical (unpaired) electrons. The van der Waals surface area contributed by atoms with Crippen molar-refractivity contribution in [1.82, 2.24) is 19.7 Å². The summed E-state index contributed by atoms with van der Waals surface area (Å²) >= 11 is 0. The van der Waals surface area contributed by atoms with Crippen LogP contribution in [0.4, 0.5) is 32.0 Å². The zero-order valence-electron chi connectivity index (χ0n) is 17.7. The molecule has 35 heavy (non-hydrogen) atoms. The van der Waals surface area contributed by atoms with E-state index in [0.717, 1.165) is 10.7 Å². The number of oxazole rings is 1. The van der Waals surface area contributed by atoms with E-state index in [4.69, 9.17) is 4.42 Å². The fourth-order valence-corrected chi connectivity index (χ4v) is 3.28. The number of hydrogen-bond acceptors (Lipinski definition) is 5. The van der Waals surface area contributed by atoms with Crippen molar-refractivity contribution in [3.8, 4) is 11.6 Å². The number of aromatic nitrogens is 4. The first-order valence-electron chi connectivity index (χ1n) is 9.94. The van der Waals surface area contributed by atoms with Crippen molar-refractivity contribution in [3.63, 3.8) is 0 Å². The number of nitrogens with zero attached hydrogens (tertiary/aromatic N) is 4. The maximum Gasteiger partial charge on any atom is 0.416 e. The van der Waals surface area contributed by atoms with E-state index in [2.05, 4.69) is 20.4 Å². The van der Waals surface area contributed by atoms with Crippen LogP contribution in [-0.4, -0.2) is 25.7 Å². The van der Waals surface area contributed by atoms with Crippen LogP contribution in [0.2, 0.25) is 0 Å². The lowest BCUT2D eigenvalue weighted by atomic mass is 9.98. The number of benzene rings is 1. The lowest BCUT2D eigenvalue weighted by Crippen LogP contribution is -2.17. The van der Waals surface area contributed by atoms with Crippen molar-refractivity contribution in [2.75, 3.05) is 5.32 Å². The summed E-state index contributed by atoms with van der Waals surface area (Å²) in [6.07, 6.45) is -4.81. The standard InChI is InChI=1S/C22H15F6N5O2/c1-12(15-6-5-13(21(23,24)25)8-16(15)22(26,27)28)33-11-14(9-31-33)32-19(34)18-10-30-20(35-18)17-4-2-3-7-29-17/h2-12H,1H3,(H,32,34)/t12-/m1/s1. The Labute approximate surface area is 193 Å². The average molecular weight is 495 g/mol. The third-order valence-electron chi connectivity index (χ3n) is 5.01. The number of carbonyl (C=O) groups is 1. The van der Waals surface area contributed by atoms with Crippen LogP contribution in [0.25, 0.3) is 11.6 Å². The largest absolute Gasteiger partial charge is 0.429 e. The highest BCUT2D eigenvalue weighted by atomic mass is 19.4. The van der Waals surface area contributed by atoms with Gasteiger partial charge in [-0.1, -0.05) is 12.1 Å². The van der Waals surface area contributed by atoms with Crippen LogP contribution >= 0.6 is 0 Å². The van der Waals surface area contributed by atoms with Gasteiger partial charge in [-0.2, -0.15) is 31.4 Å². The normalized spacial score (nSPS) is 13.0. The molecule has 0 unspecified atom stereocenters. The summed E-state index contributed by atoms with van der Waals surface area (Å²) in [5.41, 5.74) is -2.72. The van der Waals surface area contributed by atoms with Gasteiger partial charge in [-0.25, -0.2) is 4.98 Å². The maximum atomic E-state index is 13.5. The molecule has 1 N–H and O–H groups in total. The first-order chi connectivity index (χ1) is 16.4. The molecule has 4 rings (SSSR count). The molecule has 13 heteroatoms. The number of hydrogen-bond donors (Lipinski definition) is 1. The van der Waals surface area contributed by atoms with Crippen molar-refractivity contribution < 1.29 is 35.6 Å². The SMILES string of the molecule is C[C@H](c1ccc(C(F)(F)F)cc1C(F)(F)F)n1cc(NC(=O)c2cnc(-c3ccccn3)o2)cn1. The van der Waals surface area contributed by atoms with E-state index >= 15 is 0 Å². The van der Waals surface area contributed by atoms with Crippen molar-refractivity contribution >= 4 is 11.6 Å². The Morgan fingerprint density at radius 2 is 1.80 bits per heavy atom. The summed E-state index contributed by atoms with van der Waals surface area (Å²) in [6, 6.07) is 5.36. The summed E-state index contributed by atoms with van der Waals surface area (Å²) in [4.78, 5) is 20.5. The fraction of sp³-hybridized carbons (Fsp3) is 0.182. The molecule has 0 aliphatic carbocycles. The molecule has 1 aromatic carbocycles. The minimum atomic E-state index is -5.02. The highest BCUT2D eigenvalue weighted by molar-refractivity contribution is 6.02. The monoisotopic (exact) mass is 495 g/mol. The Hall–Kier alpha value is -4.16.